The molecule has 1 aliphatic rings. The van der Waals surface area contributed by atoms with Crippen molar-refractivity contribution < 1.29 is 9.53 Å². The molecule has 0 aromatic heterocycles. The number of carbonyl (C=O) groups is 1. The Labute approximate surface area is 123 Å². The molecule has 1 aliphatic heterocycles. The van der Waals surface area contributed by atoms with Gasteiger partial charge in [0.2, 0.25) is 0 Å². The molecule has 19 heavy (non-hydrogen) atoms. The van der Waals surface area contributed by atoms with Crippen LogP contribution in [0.5, 0.6) is 0 Å². The second kappa shape index (κ2) is 6.71. The zero-order valence-corrected chi connectivity index (χ0v) is 12.4. The highest BCUT2D eigenvalue weighted by atomic mass is 35.5. The molecule has 0 bridgehead atoms. The molecular weight excluding hydrogens is 285 g/mol. The number of hydrogen-bond donors (Lipinski definition) is 0. The first kappa shape index (κ1) is 14.8. The summed E-state index contributed by atoms with van der Waals surface area (Å²) in [4.78, 5) is 14.5. The molecule has 0 N–H and O–H groups in total. The molecule has 1 aromatic rings. The van der Waals surface area contributed by atoms with Gasteiger partial charge in [-0.2, -0.15) is 0 Å². The highest BCUT2D eigenvalue weighted by Gasteiger charge is 2.26. The molecule has 1 aromatic carbocycles. The van der Waals surface area contributed by atoms with Crippen molar-refractivity contribution in [2.24, 2.45) is 0 Å². The van der Waals surface area contributed by atoms with E-state index < -0.39 is 0 Å². The molecule has 1 saturated heterocycles. The van der Waals surface area contributed by atoms with E-state index in [9.17, 15) is 4.79 Å². The lowest BCUT2D eigenvalue weighted by Crippen LogP contribution is -2.46. The van der Waals surface area contributed by atoms with Crippen molar-refractivity contribution in [2.75, 3.05) is 26.2 Å². The van der Waals surface area contributed by atoms with Gasteiger partial charge in [-0.3, -0.25) is 9.69 Å². The molecule has 0 radical (unpaired) electrons. The van der Waals surface area contributed by atoms with E-state index in [0.29, 0.717) is 23.2 Å². The Kier molecular flexibility index (Phi) is 5.22. The highest BCUT2D eigenvalue weighted by molar-refractivity contribution is 6.33. The minimum atomic E-state index is -0.358. The van der Waals surface area contributed by atoms with Crippen molar-refractivity contribution in [3.05, 3.63) is 33.8 Å². The summed E-state index contributed by atoms with van der Waals surface area (Å²) in [6.07, 6.45) is -0.0922. The SMILES string of the molecule is CCN1CCOC(C(=O)Cc2cc(Cl)ccc2Cl)C1. The van der Waals surface area contributed by atoms with E-state index in [-0.39, 0.29) is 18.3 Å². The first-order valence-corrected chi connectivity index (χ1v) is 7.16. The molecule has 3 nitrogen and oxygen atoms in total. The first-order chi connectivity index (χ1) is 9.10. The number of ketones is 1. The summed E-state index contributed by atoms with van der Waals surface area (Å²) in [5.41, 5.74) is 0.761. The third-order valence-corrected chi connectivity index (χ3v) is 3.93. The number of rotatable bonds is 4. The third kappa shape index (κ3) is 3.93. The third-order valence-electron chi connectivity index (χ3n) is 3.33. The van der Waals surface area contributed by atoms with Gasteiger partial charge >= 0.3 is 0 Å². The lowest BCUT2D eigenvalue weighted by molar-refractivity contribution is -0.135. The fourth-order valence-corrected chi connectivity index (χ4v) is 2.54. The largest absolute Gasteiger partial charge is 0.368 e. The lowest BCUT2D eigenvalue weighted by Gasteiger charge is -2.31. The Morgan fingerprint density at radius 2 is 2.26 bits per heavy atom. The van der Waals surface area contributed by atoms with E-state index in [2.05, 4.69) is 11.8 Å². The molecule has 0 amide bonds. The van der Waals surface area contributed by atoms with Gasteiger partial charge in [0, 0.05) is 29.6 Å². The van der Waals surface area contributed by atoms with Gasteiger partial charge in [0.15, 0.2) is 5.78 Å². The van der Waals surface area contributed by atoms with Gasteiger partial charge < -0.3 is 4.74 Å². The predicted octanol–water partition coefficient (Wildman–Crippen LogP) is 2.83. The standard InChI is InChI=1S/C14H17Cl2NO2/c1-2-17-5-6-19-14(9-17)13(18)8-10-7-11(15)3-4-12(10)16/h3-4,7,14H,2,5-6,8-9H2,1H3. The Morgan fingerprint density at radius 3 is 3.00 bits per heavy atom. The average molecular weight is 302 g/mol. The van der Waals surface area contributed by atoms with E-state index in [1.807, 2.05) is 0 Å². The van der Waals surface area contributed by atoms with Crippen LogP contribution in [0.25, 0.3) is 0 Å². The summed E-state index contributed by atoms with van der Waals surface area (Å²) in [7, 11) is 0. The maximum absolute atomic E-state index is 12.2. The number of halogens is 2. The van der Waals surface area contributed by atoms with Crippen molar-refractivity contribution in [2.45, 2.75) is 19.4 Å². The Morgan fingerprint density at radius 1 is 1.47 bits per heavy atom. The van der Waals surface area contributed by atoms with Crippen LogP contribution < -0.4 is 0 Å². The van der Waals surface area contributed by atoms with Crippen LogP contribution >= 0.6 is 23.2 Å². The first-order valence-electron chi connectivity index (χ1n) is 6.40. The van der Waals surface area contributed by atoms with Crippen molar-refractivity contribution >= 4 is 29.0 Å². The van der Waals surface area contributed by atoms with Crippen molar-refractivity contribution in [3.63, 3.8) is 0 Å². The number of hydrogen-bond acceptors (Lipinski definition) is 3. The molecular formula is C14H17Cl2NO2. The van der Waals surface area contributed by atoms with Crippen molar-refractivity contribution in [1.82, 2.24) is 4.90 Å². The van der Waals surface area contributed by atoms with E-state index >= 15 is 0 Å². The van der Waals surface area contributed by atoms with Crippen LogP contribution in [0.2, 0.25) is 10.0 Å². The second-order valence-corrected chi connectivity index (χ2v) is 5.48. The Bertz CT molecular complexity index is 465. The van der Waals surface area contributed by atoms with Crippen molar-refractivity contribution in [1.29, 1.82) is 0 Å². The van der Waals surface area contributed by atoms with E-state index in [0.717, 1.165) is 18.7 Å². The maximum atomic E-state index is 12.2. The maximum Gasteiger partial charge on any atom is 0.167 e. The lowest BCUT2D eigenvalue weighted by atomic mass is 10.0. The number of Topliss-reactive ketones (excluding diaryl/α,β-unsaturated/α-hetero) is 1. The quantitative estimate of drug-likeness (QED) is 0.856. The summed E-state index contributed by atoms with van der Waals surface area (Å²) in [5, 5.41) is 1.16. The number of benzene rings is 1. The fourth-order valence-electron chi connectivity index (χ4n) is 2.16. The van der Waals surface area contributed by atoms with Crippen LogP contribution in [-0.4, -0.2) is 43.0 Å². The summed E-state index contributed by atoms with van der Waals surface area (Å²) < 4.78 is 5.55. The van der Waals surface area contributed by atoms with Gasteiger partial charge in [-0.1, -0.05) is 30.1 Å². The number of likely N-dealkylation sites (N-methyl/N-ethyl adjacent to an activating group) is 1. The van der Waals surface area contributed by atoms with Gasteiger partial charge in [-0.25, -0.2) is 0 Å². The molecule has 2 rings (SSSR count). The van der Waals surface area contributed by atoms with Crippen LogP contribution in [0.15, 0.2) is 18.2 Å². The van der Waals surface area contributed by atoms with Gasteiger partial charge in [0.25, 0.3) is 0 Å². The zero-order valence-electron chi connectivity index (χ0n) is 10.9. The summed E-state index contributed by atoms with van der Waals surface area (Å²) in [6, 6.07) is 5.17. The van der Waals surface area contributed by atoms with Gasteiger partial charge in [0.1, 0.15) is 6.10 Å². The van der Waals surface area contributed by atoms with Crippen LogP contribution in [0, 0.1) is 0 Å². The van der Waals surface area contributed by atoms with Gasteiger partial charge in [0.05, 0.1) is 6.61 Å². The second-order valence-electron chi connectivity index (χ2n) is 4.63. The van der Waals surface area contributed by atoms with Crippen LogP contribution in [-0.2, 0) is 16.0 Å². The monoisotopic (exact) mass is 301 g/mol. The predicted molar refractivity (Wildman–Crippen MR) is 77.0 cm³/mol. The number of morpholine rings is 1. The van der Waals surface area contributed by atoms with E-state index in [1.165, 1.54) is 0 Å². The fraction of sp³-hybridized carbons (Fsp3) is 0.500. The molecule has 1 heterocycles. The smallest absolute Gasteiger partial charge is 0.167 e. The van der Waals surface area contributed by atoms with E-state index in [4.69, 9.17) is 27.9 Å². The molecule has 1 fully saturated rings. The Balaban J connectivity index is 2.02. The molecule has 104 valence electrons. The summed E-state index contributed by atoms with van der Waals surface area (Å²) >= 11 is 12.0. The summed E-state index contributed by atoms with van der Waals surface area (Å²) in [6.45, 7) is 5.17. The zero-order chi connectivity index (χ0) is 13.8. The van der Waals surface area contributed by atoms with Crippen LogP contribution in [0.3, 0.4) is 0 Å². The minimum absolute atomic E-state index is 0.0577. The van der Waals surface area contributed by atoms with Crippen LogP contribution in [0.4, 0.5) is 0 Å². The number of carbonyl (C=O) groups excluding carboxylic acids is 1. The number of nitrogens with zero attached hydrogens (tertiary/aromatic N) is 1. The molecule has 0 saturated carbocycles. The normalized spacial score (nSPS) is 20.5. The van der Waals surface area contributed by atoms with Gasteiger partial charge in [-0.15, -0.1) is 0 Å². The topological polar surface area (TPSA) is 29.5 Å². The molecule has 0 aliphatic carbocycles. The van der Waals surface area contributed by atoms with Gasteiger partial charge in [-0.05, 0) is 30.3 Å². The minimum Gasteiger partial charge on any atom is -0.368 e. The van der Waals surface area contributed by atoms with Crippen LogP contribution in [0.1, 0.15) is 12.5 Å². The van der Waals surface area contributed by atoms with E-state index in [1.54, 1.807) is 18.2 Å². The molecule has 1 atom stereocenters. The average Bonchev–Trinajstić information content (AvgIpc) is 2.43. The summed E-state index contributed by atoms with van der Waals surface area (Å²) in [5.74, 6) is 0.0577. The Hall–Kier alpha value is -0.610. The van der Waals surface area contributed by atoms with Crippen molar-refractivity contribution in [3.8, 4) is 0 Å². The number of ether oxygens (including phenoxy) is 1. The molecule has 1 unspecified atom stereocenters. The highest BCUT2D eigenvalue weighted by Crippen LogP contribution is 2.22. The molecule has 5 heteroatoms. The molecule has 0 spiro atoms.